The number of benzene rings is 1. The Morgan fingerprint density at radius 2 is 1.48 bits per heavy atom. The molecule has 1 aromatic carbocycles. The van der Waals surface area contributed by atoms with E-state index in [2.05, 4.69) is 55.3 Å². The highest BCUT2D eigenvalue weighted by molar-refractivity contribution is 6.76. The van der Waals surface area contributed by atoms with Crippen LogP contribution in [0.4, 0.5) is 10.2 Å². The third-order valence-electron chi connectivity index (χ3n) is 10.0. The van der Waals surface area contributed by atoms with Crippen molar-refractivity contribution >= 4 is 33.6 Å². The number of hydrogen-bond acceptors (Lipinski definition) is 11. The number of methoxy groups -OCH3 is 2. The van der Waals surface area contributed by atoms with Gasteiger partial charge in [0.05, 0.1) is 37.9 Å². The highest BCUT2D eigenvalue weighted by Crippen LogP contribution is 2.42. The van der Waals surface area contributed by atoms with Gasteiger partial charge in [0.2, 0.25) is 0 Å². The van der Waals surface area contributed by atoms with Crippen molar-refractivity contribution in [3.05, 3.63) is 60.4 Å². The number of ether oxygens (including phenoxy) is 6. The molecule has 5 rings (SSSR count). The molecule has 0 N–H and O–H groups in total. The van der Waals surface area contributed by atoms with Crippen molar-refractivity contribution in [1.82, 2.24) is 24.4 Å². The molecule has 56 heavy (non-hydrogen) atoms. The first-order chi connectivity index (χ1) is 26.7. The zero-order valence-electron chi connectivity index (χ0n) is 34.5. The first kappa shape index (κ1) is 43.6. The number of anilines is 1. The fraction of sp³-hybridized carbons (Fsp3) is 0.600. The molecular formula is C40H61FN6O7Si2. The summed E-state index contributed by atoms with van der Waals surface area (Å²) in [7, 11) is 0.553. The molecule has 0 aliphatic heterocycles. The van der Waals surface area contributed by atoms with E-state index in [1.165, 1.54) is 12.1 Å². The summed E-state index contributed by atoms with van der Waals surface area (Å²) in [6.45, 7) is 17.1. The van der Waals surface area contributed by atoms with Gasteiger partial charge >= 0.3 is 5.97 Å². The molecule has 0 bridgehead atoms. The summed E-state index contributed by atoms with van der Waals surface area (Å²) in [5.74, 6) is 0.143. The van der Waals surface area contributed by atoms with Crippen LogP contribution < -0.4 is 4.90 Å². The highest BCUT2D eigenvalue weighted by Gasteiger charge is 2.45. The average molecular weight is 813 g/mol. The van der Waals surface area contributed by atoms with Crippen LogP contribution in [-0.2, 0) is 33.2 Å². The Morgan fingerprint density at radius 3 is 2.09 bits per heavy atom. The molecule has 16 heteroatoms. The average Bonchev–Trinajstić information content (AvgIpc) is 3.82. The highest BCUT2D eigenvalue weighted by atomic mass is 28.3. The molecule has 1 aliphatic rings. The van der Waals surface area contributed by atoms with E-state index in [4.69, 9.17) is 38.5 Å². The molecule has 4 aromatic rings. The number of nitrogens with zero attached hydrogens (tertiary/aromatic N) is 6. The van der Waals surface area contributed by atoms with Gasteiger partial charge in [-0.2, -0.15) is 14.7 Å². The Kier molecular flexibility index (Phi) is 15.4. The lowest BCUT2D eigenvalue weighted by Crippen LogP contribution is -2.46. The molecule has 0 atom stereocenters. The topological polar surface area (TPSA) is 124 Å². The molecule has 3 aromatic heterocycles. The van der Waals surface area contributed by atoms with E-state index in [-0.39, 0.29) is 30.9 Å². The van der Waals surface area contributed by atoms with E-state index >= 15 is 0 Å². The van der Waals surface area contributed by atoms with Gasteiger partial charge < -0.3 is 33.3 Å². The maximum atomic E-state index is 13.7. The SMILES string of the molecule is COCCOC(=O)[C@]1(OCCOC)CC[C@H](c2cc(N(COCC[Si](C)(C)C)COCC[Si](C)(C)C)n3ncc(-c4cnn(-c5ccc(F)cc5)c4)c3n2)CC1. The Bertz CT molecular complexity index is 1810. The van der Waals surface area contributed by atoms with Gasteiger partial charge in [0.15, 0.2) is 11.2 Å². The summed E-state index contributed by atoms with van der Waals surface area (Å²) in [4.78, 5) is 20.9. The monoisotopic (exact) mass is 812 g/mol. The van der Waals surface area contributed by atoms with Crippen molar-refractivity contribution in [2.45, 2.75) is 88.6 Å². The van der Waals surface area contributed by atoms with E-state index in [1.807, 2.05) is 16.9 Å². The van der Waals surface area contributed by atoms with Crippen LogP contribution in [0, 0.1) is 5.82 Å². The third-order valence-corrected chi connectivity index (χ3v) is 13.4. The Labute approximate surface area is 332 Å². The molecule has 1 fully saturated rings. The fourth-order valence-electron chi connectivity index (χ4n) is 6.53. The van der Waals surface area contributed by atoms with Crippen LogP contribution in [0.3, 0.4) is 0 Å². The number of halogens is 1. The molecule has 0 spiro atoms. The van der Waals surface area contributed by atoms with Gasteiger partial charge in [-0.25, -0.2) is 18.9 Å². The predicted molar refractivity (Wildman–Crippen MR) is 221 cm³/mol. The number of esters is 1. The zero-order valence-corrected chi connectivity index (χ0v) is 36.5. The maximum absolute atomic E-state index is 13.7. The normalized spacial score (nSPS) is 17.8. The van der Waals surface area contributed by atoms with E-state index in [0.29, 0.717) is 71.2 Å². The number of carbonyl (C=O) groups is 1. The number of aromatic nitrogens is 5. The minimum Gasteiger partial charge on any atom is -0.461 e. The first-order valence-corrected chi connectivity index (χ1v) is 27.0. The molecule has 13 nitrogen and oxygen atoms in total. The second kappa shape index (κ2) is 19.8. The Balaban J connectivity index is 1.51. The number of rotatable bonds is 22. The van der Waals surface area contributed by atoms with E-state index in [0.717, 1.165) is 40.4 Å². The lowest BCUT2D eigenvalue weighted by Gasteiger charge is -2.38. The minimum atomic E-state index is -1.32. The zero-order chi connectivity index (χ0) is 40.3. The van der Waals surface area contributed by atoms with Gasteiger partial charge in [-0.3, -0.25) is 0 Å². The predicted octanol–water partition coefficient (Wildman–Crippen LogP) is 7.40. The van der Waals surface area contributed by atoms with Gasteiger partial charge in [-0.15, -0.1) is 0 Å². The summed E-state index contributed by atoms with van der Waals surface area (Å²) in [6.07, 6.45) is 7.72. The molecule has 1 saturated carbocycles. The first-order valence-electron chi connectivity index (χ1n) is 19.6. The standard InChI is InChI=1S/C40H61FN6O7Si2/c1-49-17-19-53-39(48)40(54-20-18-50-2)15-13-31(14-16-40)36-25-37(45(29-51-21-23-55(3,4)5)30-52-22-24-56(6,7)8)47-38(44-36)35(27-43-47)32-26-42-46(28-32)34-11-9-33(41)10-12-34/h9-12,25-28,31H,13-24,29-30H2,1-8H3/t31-,40-. The van der Waals surface area contributed by atoms with Crippen molar-refractivity contribution in [1.29, 1.82) is 0 Å². The van der Waals surface area contributed by atoms with Crippen LogP contribution >= 0.6 is 0 Å². The maximum Gasteiger partial charge on any atom is 0.338 e. The lowest BCUT2D eigenvalue weighted by molar-refractivity contribution is -0.180. The molecule has 0 unspecified atom stereocenters. The second-order valence-electron chi connectivity index (χ2n) is 17.0. The summed E-state index contributed by atoms with van der Waals surface area (Å²) in [5, 5.41) is 9.47. The summed E-state index contributed by atoms with van der Waals surface area (Å²) in [6, 6.07) is 10.4. The molecule has 3 heterocycles. The van der Waals surface area contributed by atoms with Gasteiger partial charge in [-0.1, -0.05) is 39.3 Å². The molecule has 0 saturated heterocycles. The number of fused-ring (bicyclic) bond motifs is 1. The fourth-order valence-corrected chi connectivity index (χ4v) is 8.05. The van der Waals surface area contributed by atoms with Crippen molar-refractivity contribution in [2.24, 2.45) is 0 Å². The summed E-state index contributed by atoms with van der Waals surface area (Å²) >= 11 is 0. The van der Waals surface area contributed by atoms with Gasteiger partial charge in [-0.05, 0) is 62.0 Å². The van der Waals surface area contributed by atoms with Crippen LogP contribution in [0.25, 0.3) is 22.5 Å². The molecule has 1 aliphatic carbocycles. The third kappa shape index (κ3) is 12.0. The van der Waals surface area contributed by atoms with E-state index < -0.39 is 21.7 Å². The van der Waals surface area contributed by atoms with E-state index in [9.17, 15) is 9.18 Å². The lowest BCUT2D eigenvalue weighted by atomic mass is 9.77. The van der Waals surface area contributed by atoms with Crippen LogP contribution in [0.15, 0.2) is 48.9 Å². The molecular weight excluding hydrogens is 752 g/mol. The molecule has 0 radical (unpaired) electrons. The van der Waals surface area contributed by atoms with Gasteiger partial charge in [0, 0.05) is 78.6 Å². The summed E-state index contributed by atoms with van der Waals surface area (Å²) in [5.41, 5.74) is 2.82. The minimum absolute atomic E-state index is 0.0248. The molecule has 0 amide bonds. The summed E-state index contributed by atoms with van der Waals surface area (Å²) < 4.78 is 52.2. The number of carbonyl (C=O) groups excluding carboxylic acids is 1. The van der Waals surface area contributed by atoms with Crippen molar-refractivity contribution in [3.8, 4) is 16.8 Å². The molecule has 308 valence electrons. The van der Waals surface area contributed by atoms with Crippen molar-refractivity contribution < 1.29 is 37.6 Å². The quantitative estimate of drug-likeness (QED) is 0.0342. The van der Waals surface area contributed by atoms with Crippen molar-refractivity contribution in [2.75, 3.05) is 72.2 Å². The van der Waals surface area contributed by atoms with Gasteiger partial charge in [0.25, 0.3) is 0 Å². The van der Waals surface area contributed by atoms with Crippen LogP contribution in [0.5, 0.6) is 0 Å². The number of hydrogen-bond donors (Lipinski definition) is 0. The van der Waals surface area contributed by atoms with Gasteiger partial charge in [0.1, 0.15) is 31.7 Å². The second-order valence-corrected chi connectivity index (χ2v) is 28.2. The Morgan fingerprint density at radius 1 is 0.857 bits per heavy atom. The van der Waals surface area contributed by atoms with Crippen molar-refractivity contribution in [3.63, 3.8) is 0 Å². The van der Waals surface area contributed by atoms with Crippen LogP contribution in [0.1, 0.15) is 37.3 Å². The van der Waals surface area contributed by atoms with E-state index in [1.54, 1.807) is 37.2 Å². The smallest absolute Gasteiger partial charge is 0.338 e. The largest absolute Gasteiger partial charge is 0.461 e. The van der Waals surface area contributed by atoms with Crippen LogP contribution in [-0.4, -0.2) is 119 Å². The Hall–Kier alpha value is -3.52. The van der Waals surface area contributed by atoms with Crippen LogP contribution in [0.2, 0.25) is 51.4 Å².